The first-order valence-corrected chi connectivity index (χ1v) is 6.03. The van der Waals surface area contributed by atoms with E-state index in [0.717, 1.165) is 22.8 Å². The molecule has 2 aromatic rings. The lowest BCUT2D eigenvalue weighted by molar-refractivity contribution is -0.141. The third-order valence-corrected chi connectivity index (χ3v) is 3.16. The smallest absolute Gasteiger partial charge is 0.382 e. The molecule has 106 valence electrons. The highest BCUT2D eigenvalue weighted by Gasteiger charge is 2.33. The van der Waals surface area contributed by atoms with Crippen LogP contribution in [0.25, 0.3) is 0 Å². The molecule has 0 atom stereocenters. The molecular formula is C14H14F3N3. The Kier molecular flexibility index (Phi) is 3.65. The quantitative estimate of drug-likeness (QED) is 0.919. The molecule has 1 aromatic carbocycles. The molecule has 1 aromatic heterocycles. The third kappa shape index (κ3) is 3.07. The first kappa shape index (κ1) is 14.3. The number of nitrogens with two attached hydrogens (primary N) is 1. The molecule has 0 amide bonds. The molecule has 1 heterocycles. The van der Waals surface area contributed by atoms with E-state index >= 15 is 0 Å². The van der Waals surface area contributed by atoms with Gasteiger partial charge in [-0.15, -0.1) is 10.2 Å². The molecule has 0 aliphatic rings. The SMILES string of the molecule is Cc1ccc(Cc2cc(C(F)(F)F)nnc2N)cc1C. The van der Waals surface area contributed by atoms with Gasteiger partial charge in [0.1, 0.15) is 5.82 Å². The predicted molar refractivity (Wildman–Crippen MR) is 70.2 cm³/mol. The van der Waals surface area contributed by atoms with Crippen LogP contribution in [-0.4, -0.2) is 10.2 Å². The van der Waals surface area contributed by atoms with Gasteiger partial charge < -0.3 is 5.73 Å². The van der Waals surface area contributed by atoms with Crippen LogP contribution >= 0.6 is 0 Å². The number of anilines is 1. The maximum Gasteiger partial charge on any atom is 0.435 e. The summed E-state index contributed by atoms with van der Waals surface area (Å²) in [7, 11) is 0. The molecule has 0 spiro atoms. The number of rotatable bonds is 2. The Hall–Kier alpha value is -2.11. The van der Waals surface area contributed by atoms with Gasteiger partial charge in [0.25, 0.3) is 0 Å². The fraction of sp³-hybridized carbons (Fsp3) is 0.286. The maximum atomic E-state index is 12.6. The summed E-state index contributed by atoms with van der Waals surface area (Å²) in [6.45, 7) is 3.93. The minimum absolute atomic E-state index is 0.0243. The van der Waals surface area contributed by atoms with Crippen molar-refractivity contribution in [2.45, 2.75) is 26.4 Å². The molecule has 0 unspecified atom stereocenters. The number of hydrogen-bond donors (Lipinski definition) is 1. The van der Waals surface area contributed by atoms with Crippen LogP contribution in [0.2, 0.25) is 0 Å². The van der Waals surface area contributed by atoms with Crippen molar-refractivity contribution in [1.82, 2.24) is 10.2 Å². The Morgan fingerprint density at radius 3 is 2.35 bits per heavy atom. The summed E-state index contributed by atoms with van der Waals surface area (Å²) in [4.78, 5) is 0. The zero-order valence-electron chi connectivity index (χ0n) is 11.1. The topological polar surface area (TPSA) is 51.8 Å². The molecule has 2 N–H and O–H groups in total. The van der Waals surface area contributed by atoms with Gasteiger partial charge in [0.05, 0.1) is 0 Å². The van der Waals surface area contributed by atoms with Gasteiger partial charge in [0.2, 0.25) is 0 Å². The highest BCUT2D eigenvalue weighted by molar-refractivity contribution is 5.43. The molecule has 0 fully saturated rings. The molecule has 0 saturated heterocycles. The second kappa shape index (κ2) is 5.11. The lowest BCUT2D eigenvalue weighted by atomic mass is 10.0. The van der Waals surface area contributed by atoms with E-state index in [1.165, 1.54) is 0 Å². The Bertz CT molecular complexity index is 636. The summed E-state index contributed by atoms with van der Waals surface area (Å²) in [6.07, 6.45) is -4.22. The van der Waals surface area contributed by atoms with E-state index in [4.69, 9.17) is 5.73 Å². The van der Waals surface area contributed by atoms with E-state index in [0.29, 0.717) is 12.0 Å². The minimum Gasteiger partial charge on any atom is -0.382 e. The number of halogens is 3. The van der Waals surface area contributed by atoms with Crippen LogP contribution in [0.15, 0.2) is 24.3 Å². The Labute approximate surface area is 114 Å². The number of nitrogen functional groups attached to an aromatic ring is 1. The number of hydrogen-bond acceptors (Lipinski definition) is 3. The van der Waals surface area contributed by atoms with Gasteiger partial charge in [-0.05, 0) is 36.6 Å². The van der Waals surface area contributed by atoms with E-state index in [-0.39, 0.29) is 5.82 Å². The Morgan fingerprint density at radius 1 is 1.05 bits per heavy atom. The molecule has 3 nitrogen and oxygen atoms in total. The zero-order chi connectivity index (χ0) is 14.9. The minimum atomic E-state index is -4.52. The van der Waals surface area contributed by atoms with Crippen molar-refractivity contribution >= 4 is 5.82 Å². The lowest BCUT2D eigenvalue weighted by Gasteiger charge is -2.10. The summed E-state index contributed by atoms with van der Waals surface area (Å²) >= 11 is 0. The van der Waals surface area contributed by atoms with Crippen LogP contribution in [0.4, 0.5) is 19.0 Å². The van der Waals surface area contributed by atoms with Gasteiger partial charge in [0, 0.05) is 12.0 Å². The van der Waals surface area contributed by atoms with E-state index in [2.05, 4.69) is 10.2 Å². The van der Waals surface area contributed by atoms with Gasteiger partial charge >= 0.3 is 6.18 Å². The molecule has 2 rings (SSSR count). The highest BCUT2D eigenvalue weighted by Crippen LogP contribution is 2.29. The largest absolute Gasteiger partial charge is 0.435 e. The zero-order valence-corrected chi connectivity index (χ0v) is 11.1. The number of benzene rings is 1. The van der Waals surface area contributed by atoms with Gasteiger partial charge in [0.15, 0.2) is 5.69 Å². The van der Waals surface area contributed by atoms with Gasteiger partial charge in [-0.2, -0.15) is 13.2 Å². The normalized spacial score (nSPS) is 11.7. The molecule has 0 bridgehead atoms. The van der Waals surface area contributed by atoms with Gasteiger partial charge in [-0.25, -0.2) is 0 Å². The van der Waals surface area contributed by atoms with Crippen LogP contribution in [0.1, 0.15) is 27.9 Å². The molecule has 20 heavy (non-hydrogen) atoms. The van der Waals surface area contributed by atoms with Crippen molar-refractivity contribution in [3.05, 3.63) is 52.2 Å². The summed E-state index contributed by atoms with van der Waals surface area (Å²) < 4.78 is 37.8. The van der Waals surface area contributed by atoms with Crippen LogP contribution < -0.4 is 5.73 Å². The van der Waals surface area contributed by atoms with Crippen molar-refractivity contribution in [2.24, 2.45) is 0 Å². The van der Waals surface area contributed by atoms with Gasteiger partial charge in [-0.3, -0.25) is 0 Å². The molecule has 0 aliphatic heterocycles. The number of alkyl halides is 3. The van der Waals surface area contributed by atoms with Crippen molar-refractivity contribution in [2.75, 3.05) is 5.73 Å². The van der Waals surface area contributed by atoms with E-state index in [9.17, 15) is 13.2 Å². The average molecular weight is 281 g/mol. The average Bonchev–Trinajstić information content (AvgIpc) is 2.35. The number of aromatic nitrogens is 2. The van der Waals surface area contributed by atoms with Crippen LogP contribution in [0, 0.1) is 13.8 Å². The predicted octanol–water partition coefficient (Wildman–Crippen LogP) is 3.29. The fourth-order valence-corrected chi connectivity index (χ4v) is 1.85. The number of aryl methyl sites for hydroxylation is 2. The van der Waals surface area contributed by atoms with E-state index in [1.54, 1.807) is 0 Å². The fourth-order valence-electron chi connectivity index (χ4n) is 1.85. The van der Waals surface area contributed by atoms with Crippen molar-refractivity contribution in [1.29, 1.82) is 0 Å². The molecular weight excluding hydrogens is 267 g/mol. The summed E-state index contributed by atoms with van der Waals surface area (Å²) in [6, 6.07) is 6.69. The molecule has 0 saturated carbocycles. The van der Waals surface area contributed by atoms with Crippen molar-refractivity contribution in [3.8, 4) is 0 Å². The molecule has 0 aliphatic carbocycles. The van der Waals surface area contributed by atoms with Crippen LogP contribution in [0.3, 0.4) is 0 Å². The standard InChI is InChI=1S/C14H14F3N3/c1-8-3-4-10(5-9(8)2)6-11-7-12(14(15,16)17)19-20-13(11)18/h3-5,7H,6H2,1-2H3,(H2,18,20). The van der Waals surface area contributed by atoms with E-state index in [1.807, 2.05) is 32.0 Å². The van der Waals surface area contributed by atoms with Crippen molar-refractivity contribution < 1.29 is 13.2 Å². The first-order valence-electron chi connectivity index (χ1n) is 6.03. The Balaban J connectivity index is 2.35. The van der Waals surface area contributed by atoms with Crippen LogP contribution in [-0.2, 0) is 12.6 Å². The second-order valence-corrected chi connectivity index (χ2v) is 4.73. The van der Waals surface area contributed by atoms with Crippen molar-refractivity contribution in [3.63, 3.8) is 0 Å². The first-order chi connectivity index (χ1) is 9.27. The second-order valence-electron chi connectivity index (χ2n) is 4.73. The maximum absolute atomic E-state index is 12.6. The third-order valence-electron chi connectivity index (χ3n) is 3.16. The summed E-state index contributed by atoms with van der Waals surface area (Å²) in [5, 5.41) is 6.47. The Morgan fingerprint density at radius 2 is 1.75 bits per heavy atom. The number of nitrogens with zero attached hydrogens (tertiary/aromatic N) is 2. The highest BCUT2D eigenvalue weighted by atomic mass is 19.4. The molecule has 6 heteroatoms. The monoisotopic (exact) mass is 281 g/mol. The summed E-state index contributed by atoms with van der Waals surface area (Å²) in [5.74, 6) is 0.0243. The lowest BCUT2D eigenvalue weighted by Crippen LogP contribution is -2.12. The van der Waals surface area contributed by atoms with Crippen LogP contribution in [0.5, 0.6) is 0 Å². The van der Waals surface area contributed by atoms with Gasteiger partial charge in [-0.1, -0.05) is 18.2 Å². The van der Waals surface area contributed by atoms with E-state index < -0.39 is 11.9 Å². The summed E-state index contributed by atoms with van der Waals surface area (Å²) in [5.41, 5.74) is 8.02. The molecule has 0 radical (unpaired) electrons.